The molecule has 1 atom stereocenters. The summed E-state index contributed by atoms with van der Waals surface area (Å²) < 4.78 is 5.46. The van der Waals surface area contributed by atoms with Crippen molar-refractivity contribution in [3.05, 3.63) is 23.3 Å². The summed E-state index contributed by atoms with van der Waals surface area (Å²) in [6.45, 7) is 4.66. The van der Waals surface area contributed by atoms with Gasteiger partial charge in [-0.1, -0.05) is 6.07 Å². The molecule has 0 saturated carbocycles. The van der Waals surface area contributed by atoms with Crippen LogP contribution in [0.4, 0.5) is 11.4 Å². The van der Waals surface area contributed by atoms with Crippen LogP contribution < -0.4 is 11.1 Å². The molecule has 1 amide bonds. The Morgan fingerprint density at radius 2 is 2.28 bits per heavy atom. The third kappa shape index (κ3) is 2.82. The van der Waals surface area contributed by atoms with E-state index < -0.39 is 0 Å². The molecule has 0 bridgehead atoms. The Labute approximate surface area is 108 Å². The highest BCUT2D eigenvalue weighted by atomic mass is 16.5. The van der Waals surface area contributed by atoms with Crippen molar-refractivity contribution in [3.8, 4) is 0 Å². The van der Waals surface area contributed by atoms with Crippen molar-refractivity contribution in [2.45, 2.75) is 39.2 Å². The number of ether oxygens (including phenoxy) is 1. The second-order valence-electron chi connectivity index (χ2n) is 4.86. The number of hydrogen-bond acceptors (Lipinski definition) is 3. The molecule has 1 aliphatic heterocycles. The molecule has 4 heteroatoms. The maximum absolute atomic E-state index is 12.0. The summed E-state index contributed by atoms with van der Waals surface area (Å²) in [5, 5.41) is 2.95. The van der Waals surface area contributed by atoms with E-state index in [-0.39, 0.29) is 12.0 Å². The molecule has 0 aliphatic carbocycles. The van der Waals surface area contributed by atoms with E-state index in [1.807, 2.05) is 26.0 Å². The van der Waals surface area contributed by atoms with E-state index in [1.54, 1.807) is 0 Å². The van der Waals surface area contributed by atoms with Crippen molar-refractivity contribution in [2.75, 3.05) is 17.7 Å². The lowest BCUT2D eigenvalue weighted by Crippen LogP contribution is -2.20. The predicted octanol–water partition coefficient (Wildman–Crippen LogP) is 2.39. The zero-order valence-corrected chi connectivity index (χ0v) is 11.0. The van der Waals surface area contributed by atoms with Crippen molar-refractivity contribution in [1.29, 1.82) is 0 Å². The van der Waals surface area contributed by atoms with Gasteiger partial charge in [0.25, 0.3) is 0 Å². The lowest BCUT2D eigenvalue weighted by atomic mass is 10.1. The van der Waals surface area contributed by atoms with Gasteiger partial charge in [0.15, 0.2) is 0 Å². The molecule has 1 saturated heterocycles. The van der Waals surface area contributed by atoms with Crippen molar-refractivity contribution < 1.29 is 9.53 Å². The number of nitrogens with one attached hydrogen (secondary N) is 1. The zero-order valence-electron chi connectivity index (χ0n) is 11.0. The number of carbonyl (C=O) groups excluding carboxylic acids is 1. The predicted molar refractivity (Wildman–Crippen MR) is 72.5 cm³/mol. The Morgan fingerprint density at radius 3 is 2.94 bits per heavy atom. The Morgan fingerprint density at radius 1 is 1.50 bits per heavy atom. The average Bonchev–Trinajstić information content (AvgIpc) is 2.82. The molecule has 1 aromatic rings. The van der Waals surface area contributed by atoms with E-state index in [0.717, 1.165) is 36.3 Å². The Kier molecular flexibility index (Phi) is 3.87. The van der Waals surface area contributed by atoms with Gasteiger partial charge >= 0.3 is 0 Å². The minimum atomic E-state index is -0.00120. The molecule has 3 N–H and O–H groups in total. The zero-order chi connectivity index (χ0) is 13.1. The van der Waals surface area contributed by atoms with Crippen LogP contribution in [-0.2, 0) is 9.53 Å². The minimum absolute atomic E-state index is 0.00120. The lowest BCUT2D eigenvalue weighted by Gasteiger charge is -2.15. The number of benzene rings is 1. The molecule has 2 rings (SSSR count). The fourth-order valence-electron chi connectivity index (χ4n) is 2.26. The highest BCUT2D eigenvalue weighted by molar-refractivity contribution is 5.93. The molecule has 1 unspecified atom stereocenters. The maximum Gasteiger partial charge on any atom is 0.227 e. The first-order chi connectivity index (χ1) is 8.58. The van der Waals surface area contributed by atoms with Gasteiger partial charge in [-0.05, 0) is 43.9 Å². The van der Waals surface area contributed by atoms with Gasteiger partial charge in [0.1, 0.15) is 0 Å². The van der Waals surface area contributed by atoms with E-state index in [2.05, 4.69) is 5.32 Å². The van der Waals surface area contributed by atoms with Crippen LogP contribution >= 0.6 is 0 Å². The van der Waals surface area contributed by atoms with E-state index >= 15 is 0 Å². The van der Waals surface area contributed by atoms with Crippen molar-refractivity contribution in [2.24, 2.45) is 0 Å². The van der Waals surface area contributed by atoms with Crippen molar-refractivity contribution in [1.82, 2.24) is 0 Å². The minimum Gasteiger partial charge on any atom is -0.398 e. The fourth-order valence-corrected chi connectivity index (χ4v) is 2.26. The second kappa shape index (κ2) is 5.40. The van der Waals surface area contributed by atoms with Crippen LogP contribution in [0.25, 0.3) is 0 Å². The van der Waals surface area contributed by atoms with Crippen molar-refractivity contribution >= 4 is 17.3 Å². The highest BCUT2D eigenvalue weighted by Crippen LogP contribution is 2.26. The molecule has 4 nitrogen and oxygen atoms in total. The van der Waals surface area contributed by atoms with Gasteiger partial charge < -0.3 is 15.8 Å². The Balaban J connectivity index is 2.04. The Bertz CT molecular complexity index is 451. The van der Waals surface area contributed by atoms with Gasteiger partial charge in [-0.3, -0.25) is 4.79 Å². The molecule has 1 heterocycles. The number of carbonyl (C=O) groups is 1. The van der Waals surface area contributed by atoms with Crippen LogP contribution in [0.1, 0.15) is 30.4 Å². The van der Waals surface area contributed by atoms with Gasteiger partial charge in [-0.15, -0.1) is 0 Å². The topological polar surface area (TPSA) is 64.3 Å². The first-order valence-electron chi connectivity index (χ1n) is 6.35. The number of rotatable bonds is 3. The highest BCUT2D eigenvalue weighted by Gasteiger charge is 2.19. The number of hydrogen-bond donors (Lipinski definition) is 2. The van der Waals surface area contributed by atoms with Crippen LogP contribution in [-0.4, -0.2) is 18.6 Å². The first-order valence-corrected chi connectivity index (χ1v) is 6.35. The van der Waals surface area contributed by atoms with Gasteiger partial charge in [-0.25, -0.2) is 0 Å². The number of amides is 1. The van der Waals surface area contributed by atoms with E-state index in [0.29, 0.717) is 12.1 Å². The monoisotopic (exact) mass is 248 g/mol. The van der Waals surface area contributed by atoms with E-state index in [9.17, 15) is 4.79 Å². The summed E-state index contributed by atoms with van der Waals surface area (Å²) in [5.41, 5.74) is 9.34. The van der Waals surface area contributed by atoms with Crippen molar-refractivity contribution in [3.63, 3.8) is 0 Å². The summed E-state index contributed by atoms with van der Waals surface area (Å²) in [4.78, 5) is 12.0. The van der Waals surface area contributed by atoms with Gasteiger partial charge in [0.05, 0.1) is 12.5 Å². The Hall–Kier alpha value is -1.55. The number of anilines is 2. The largest absolute Gasteiger partial charge is 0.398 e. The molecule has 0 spiro atoms. The summed E-state index contributed by atoms with van der Waals surface area (Å²) in [5.74, 6) is -0.00120. The second-order valence-corrected chi connectivity index (χ2v) is 4.86. The van der Waals surface area contributed by atoms with Crippen LogP contribution in [0, 0.1) is 13.8 Å². The average molecular weight is 248 g/mol. The molecule has 98 valence electrons. The maximum atomic E-state index is 12.0. The van der Waals surface area contributed by atoms with E-state index in [1.165, 1.54) is 0 Å². The third-order valence-electron chi connectivity index (χ3n) is 3.42. The SMILES string of the molecule is Cc1ccc(N)c(C)c1NC(=O)CC1CCCO1. The third-order valence-corrected chi connectivity index (χ3v) is 3.42. The van der Waals surface area contributed by atoms with Crippen LogP contribution in [0.2, 0.25) is 0 Å². The summed E-state index contributed by atoms with van der Waals surface area (Å²) in [7, 11) is 0. The summed E-state index contributed by atoms with van der Waals surface area (Å²) >= 11 is 0. The summed E-state index contributed by atoms with van der Waals surface area (Å²) in [6, 6.07) is 3.78. The van der Waals surface area contributed by atoms with Crippen LogP contribution in [0.3, 0.4) is 0 Å². The standard InChI is InChI=1S/C14H20N2O2/c1-9-5-6-12(15)10(2)14(9)16-13(17)8-11-4-3-7-18-11/h5-6,11H,3-4,7-8,15H2,1-2H3,(H,16,17). The van der Waals surface area contributed by atoms with E-state index in [4.69, 9.17) is 10.5 Å². The molecular weight excluding hydrogens is 228 g/mol. The first kappa shape index (κ1) is 12.9. The molecule has 0 radical (unpaired) electrons. The molecule has 0 aromatic heterocycles. The smallest absolute Gasteiger partial charge is 0.227 e. The molecular formula is C14H20N2O2. The molecule has 1 aromatic carbocycles. The van der Waals surface area contributed by atoms with Gasteiger partial charge in [0.2, 0.25) is 5.91 Å². The van der Waals surface area contributed by atoms with Gasteiger partial charge in [0, 0.05) is 18.0 Å². The fraction of sp³-hybridized carbons (Fsp3) is 0.500. The number of nitrogen functional groups attached to an aromatic ring is 1. The van der Waals surface area contributed by atoms with Gasteiger partial charge in [-0.2, -0.15) is 0 Å². The molecule has 1 aliphatic rings. The van der Waals surface area contributed by atoms with Crippen LogP contribution in [0.15, 0.2) is 12.1 Å². The molecule has 18 heavy (non-hydrogen) atoms. The quantitative estimate of drug-likeness (QED) is 0.807. The lowest BCUT2D eigenvalue weighted by molar-refractivity contribution is -0.118. The normalized spacial score (nSPS) is 18.9. The number of aryl methyl sites for hydroxylation is 1. The number of nitrogens with two attached hydrogens (primary N) is 1. The van der Waals surface area contributed by atoms with Crippen LogP contribution in [0.5, 0.6) is 0 Å². The molecule has 1 fully saturated rings. The summed E-state index contributed by atoms with van der Waals surface area (Å²) in [6.07, 6.45) is 2.52.